The van der Waals surface area contributed by atoms with Gasteiger partial charge in [0.1, 0.15) is 11.3 Å². The Labute approximate surface area is 164 Å². The van der Waals surface area contributed by atoms with Crippen LogP contribution in [0.2, 0.25) is 0 Å². The molecule has 1 unspecified atom stereocenters. The molecule has 1 atom stereocenters. The number of hydrogen-bond donors (Lipinski definition) is 2. The first-order valence-electron chi connectivity index (χ1n) is 9.28. The topological polar surface area (TPSA) is 62.2 Å². The average Bonchev–Trinajstić information content (AvgIpc) is 2.60. The number of rotatable bonds is 6. The van der Waals surface area contributed by atoms with Crippen LogP contribution in [0.3, 0.4) is 0 Å². The normalized spacial score (nSPS) is 13.9. The number of hydrogen-bond acceptors (Lipinski definition) is 3. The SMILES string of the molecule is CC(C)(O)CC(C)(Cc1ccccc1)NC(=O)c1cnc2c(F)cccc2c1. The molecule has 3 rings (SSSR count). The molecule has 4 nitrogen and oxygen atoms in total. The van der Waals surface area contributed by atoms with Gasteiger partial charge in [-0.05, 0) is 51.3 Å². The van der Waals surface area contributed by atoms with Crippen molar-refractivity contribution in [3.63, 3.8) is 0 Å². The molecule has 0 aliphatic carbocycles. The van der Waals surface area contributed by atoms with Crippen molar-refractivity contribution in [3.8, 4) is 0 Å². The number of benzene rings is 2. The Morgan fingerprint density at radius 2 is 1.82 bits per heavy atom. The lowest BCUT2D eigenvalue weighted by Gasteiger charge is -2.36. The summed E-state index contributed by atoms with van der Waals surface area (Å²) in [5.74, 6) is -0.721. The molecule has 0 bridgehead atoms. The Bertz CT molecular complexity index is 983. The van der Waals surface area contributed by atoms with E-state index in [0.29, 0.717) is 23.8 Å². The van der Waals surface area contributed by atoms with Gasteiger partial charge in [-0.15, -0.1) is 0 Å². The maximum absolute atomic E-state index is 13.8. The molecule has 146 valence electrons. The van der Waals surface area contributed by atoms with Gasteiger partial charge in [-0.2, -0.15) is 0 Å². The molecule has 0 saturated carbocycles. The van der Waals surface area contributed by atoms with Gasteiger partial charge in [0.25, 0.3) is 5.91 Å². The number of pyridine rings is 1. The lowest BCUT2D eigenvalue weighted by Crippen LogP contribution is -2.51. The van der Waals surface area contributed by atoms with Gasteiger partial charge < -0.3 is 10.4 Å². The maximum atomic E-state index is 13.8. The van der Waals surface area contributed by atoms with Gasteiger partial charge in [0, 0.05) is 17.1 Å². The quantitative estimate of drug-likeness (QED) is 0.671. The number of nitrogens with one attached hydrogen (secondary N) is 1. The van der Waals surface area contributed by atoms with Crippen LogP contribution in [0.4, 0.5) is 4.39 Å². The summed E-state index contributed by atoms with van der Waals surface area (Å²) in [5, 5.41) is 14.0. The van der Waals surface area contributed by atoms with Crippen LogP contribution >= 0.6 is 0 Å². The predicted octanol–water partition coefficient (Wildman–Crippen LogP) is 4.27. The molecular weight excluding hydrogens is 355 g/mol. The van der Waals surface area contributed by atoms with Crippen molar-refractivity contribution >= 4 is 16.8 Å². The number of nitrogens with zero attached hydrogens (tertiary/aromatic N) is 1. The molecule has 0 aliphatic rings. The molecule has 0 aliphatic heterocycles. The molecular formula is C23H25FN2O2. The minimum Gasteiger partial charge on any atom is -0.390 e. The van der Waals surface area contributed by atoms with Crippen LogP contribution in [0.15, 0.2) is 60.8 Å². The highest BCUT2D eigenvalue weighted by molar-refractivity contribution is 5.97. The Morgan fingerprint density at radius 1 is 1.11 bits per heavy atom. The van der Waals surface area contributed by atoms with E-state index in [0.717, 1.165) is 5.56 Å². The average molecular weight is 380 g/mol. The van der Waals surface area contributed by atoms with Crippen molar-refractivity contribution in [1.82, 2.24) is 10.3 Å². The Balaban J connectivity index is 1.88. The molecule has 1 heterocycles. The fourth-order valence-corrected chi connectivity index (χ4v) is 3.75. The van der Waals surface area contributed by atoms with E-state index in [2.05, 4.69) is 10.3 Å². The molecule has 0 fully saturated rings. The van der Waals surface area contributed by atoms with E-state index >= 15 is 0 Å². The molecule has 28 heavy (non-hydrogen) atoms. The summed E-state index contributed by atoms with van der Waals surface area (Å²) in [6.45, 7) is 5.37. The van der Waals surface area contributed by atoms with Gasteiger partial charge in [-0.25, -0.2) is 4.39 Å². The Morgan fingerprint density at radius 3 is 2.50 bits per heavy atom. The summed E-state index contributed by atoms with van der Waals surface area (Å²) >= 11 is 0. The standard InChI is InChI=1S/C23H25FN2O2/c1-22(2,28)15-23(3,13-16-8-5-4-6-9-16)26-21(27)18-12-17-10-7-11-19(24)20(17)25-14-18/h4-12,14,28H,13,15H2,1-3H3,(H,26,27). The Kier molecular flexibility index (Phi) is 5.47. The molecule has 2 aromatic carbocycles. The van der Waals surface area contributed by atoms with E-state index < -0.39 is 17.0 Å². The van der Waals surface area contributed by atoms with Crippen LogP contribution in [0.1, 0.15) is 43.1 Å². The second kappa shape index (κ2) is 7.68. The minimum absolute atomic E-state index is 0.239. The zero-order valence-electron chi connectivity index (χ0n) is 16.4. The molecule has 0 radical (unpaired) electrons. The summed E-state index contributed by atoms with van der Waals surface area (Å²) in [5.41, 5.74) is 0.0267. The highest BCUT2D eigenvalue weighted by Gasteiger charge is 2.33. The summed E-state index contributed by atoms with van der Waals surface area (Å²) in [6.07, 6.45) is 2.32. The van der Waals surface area contributed by atoms with Crippen LogP contribution in [0.5, 0.6) is 0 Å². The number of para-hydroxylation sites is 1. The van der Waals surface area contributed by atoms with Gasteiger partial charge in [-0.1, -0.05) is 42.5 Å². The van der Waals surface area contributed by atoms with Gasteiger partial charge in [0.05, 0.1) is 11.2 Å². The molecule has 3 aromatic rings. The zero-order valence-corrected chi connectivity index (χ0v) is 16.4. The highest BCUT2D eigenvalue weighted by Crippen LogP contribution is 2.25. The number of fused-ring (bicyclic) bond motifs is 1. The van der Waals surface area contributed by atoms with Crippen LogP contribution in [-0.4, -0.2) is 27.1 Å². The third kappa shape index (κ3) is 4.93. The number of carbonyl (C=O) groups excluding carboxylic acids is 1. The predicted molar refractivity (Wildman–Crippen MR) is 109 cm³/mol. The fraction of sp³-hybridized carbons (Fsp3) is 0.304. The van der Waals surface area contributed by atoms with Crippen LogP contribution in [0, 0.1) is 5.82 Å². The lowest BCUT2D eigenvalue weighted by atomic mass is 9.82. The largest absolute Gasteiger partial charge is 0.390 e. The highest BCUT2D eigenvalue weighted by atomic mass is 19.1. The minimum atomic E-state index is -0.957. The summed E-state index contributed by atoms with van der Waals surface area (Å²) < 4.78 is 13.8. The lowest BCUT2D eigenvalue weighted by molar-refractivity contribution is 0.0389. The van der Waals surface area contributed by atoms with E-state index in [1.807, 2.05) is 37.3 Å². The Hall–Kier alpha value is -2.79. The number of halogens is 1. The van der Waals surface area contributed by atoms with Crippen LogP contribution < -0.4 is 5.32 Å². The third-order valence-electron chi connectivity index (χ3n) is 4.60. The molecule has 0 spiro atoms. The maximum Gasteiger partial charge on any atom is 0.253 e. The monoisotopic (exact) mass is 380 g/mol. The smallest absolute Gasteiger partial charge is 0.253 e. The summed E-state index contributed by atoms with van der Waals surface area (Å²) in [7, 11) is 0. The first kappa shape index (κ1) is 20.0. The number of aromatic nitrogens is 1. The van der Waals surface area contributed by atoms with Gasteiger partial charge in [0.2, 0.25) is 0 Å². The number of amides is 1. The molecule has 5 heteroatoms. The van der Waals surface area contributed by atoms with Crippen LogP contribution in [0.25, 0.3) is 10.9 Å². The first-order valence-corrected chi connectivity index (χ1v) is 9.28. The summed E-state index contributed by atoms with van der Waals surface area (Å²) in [6, 6.07) is 16.1. The van der Waals surface area contributed by atoms with E-state index in [-0.39, 0.29) is 11.4 Å². The number of aliphatic hydroxyl groups is 1. The van der Waals surface area contributed by atoms with Crippen molar-refractivity contribution in [2.24, 2.45) is 0 Å². The summed E-state index contributed by atoms with van der Waals surface area (Å²) in [4.78, 5) is 17.0. The second-order valence-electron chi connectivity index (χ2n) is 8.20. The number of carbonyl (C=O) groups is 1. The van der Waals surface area contributed by atoms with Crippen molar-refractivity contribution < 1.29 is 14.3 Å². The first-order chi connectivity index (χ1) is 13.2. The second-order valence-corrected chi connectivity index (χ2v) is 8.20. The van der Waals surface area contributed by atoms with E-state index in [4.69, 9.17) is 0 Å². The van der Waals surface area contributed by atoms with Crippen molar-refractivity contribution in [3.05, 3.63) is 77.7 Å². The van der Waals surface area contributed by atoms with Crippen LogP contribution in [-0.2, 0) is 6.42 Å². The molecule has 0 saturated heterocycles. The molecule has 1 amide bonds. The zero-order chi connectivity index (χ0) is 20.4. The molecule has 2 N–H and O–H groups in total. The van der Waals surface area contributed by atoms with Gasteiger partial charge >= 0.3 is 0 Å². The third-order valence-corrected chi connectivity index (χ3v) is 4.60. The van der Waals surface area contributed by atoms with Crippen molar-refractivity contribution in [2.45, 2.75) is 44.8 Å². The van der Waals surface area contributed by atoms with Crippen molar-refractivity contribution in [2.75, 3.05) is 0 Å². The van der Waals surface area contributed by atoms with E-state index in [1.54, 1.807) is 32.0 Å². The van der Waals surface area contributed by atoms with E-state index in [9.17, 15) is 14.3 Å². The molecule has 1 aromatic heterocycles. The fourth-order valence-electron chi connectivity index (χ4n) is 3.75. The van der Waals surface area contributed by atoms with Gasteiger partial charge in [-0.3, -0.25) is 9.78 Å². The van der Waals surface area contributed by atoms with Gasteiger partial charge in [0.15, 0.2) is 0 Å². The van der Waals surface area contributed by atoms with E-state index in [1.165, 1.54) is 12.3 Å². The van der Waals surface area contributed by atoms with Crippen molar-refractivity contribution in [1.29, 1.82) is 0 Å².